The SMILES string of the molecule is COC(=O)C(C)(c1ccc(O)cc1)N1CCNCC1. The number of benzene rings is 1. The largest absolute Gasteiger partial charge is 0.508 e. The molecule has 0 aliphatic carbocycles. The zero-order chi connectivity index (χ0) is 13.9. The fraction of sp³-hybridized carbons (Fsp3) is 0.500. The lowest BCUT2D eigenvalue weighted by Crippen LogP contribution is -2.57. The minimum absolute atomic E-state index is 0.191. The molecule has 1 aliphatic rings. The van der Waals surface area contributed by atoms with Gasteiger partial charge in [-0.05, 0) is 24.6 Å². The van der Waals surface area contributed by atoms with Gasteiger partial charge in [-0.25, -0.2) is 4.79 Å². The molecule has 19 heavy (non-hydrogen) atoms. The van der Waals surface area contributed by atoms with Crippen molar-refractivity contribution in [3.05, 3.63) is 29.8 Å². The van der Waals surface area contributed by atoms with E-state index in [0.29, 0.717) is 0 Å². The predicted octanol–water partition coefficient (Wildman–Crippen LogP) is 0.686. The molecule has 1 aromatic carbocycles. The first-order chi connectivity index (χ1) is 9.09. The molecule has 0 bridgehead atoms. The lowest BCUT2D eigenvalue weighted by Gasteiger charge is -2.41. The molecule has 0 aromatic heterocycles. The van der Waals surface area contributed by atoms with Crippen LogP contribution in [0.3, 0.4) is 0 Å². The van der Waals surface area contributed by atoms with Crippen LogP contribution in [0.2, 0.25) is 0 Å². The molecule has 0 radical (unpaired) electrons. The van der Waals surface area contributed by atoms with E-state index < -0.39 is 5.54 Å². The first-order valence-electron chi connectivity index (χ1n) is 6.42. The molecule has 104 valence electrons. The average Bonchev–Trinajstić information content (AvgIpc) is 2.47. The Morgan fingerprint density at radius 2 is 1.89 bits per heavy atom. The first kappa shape index (κ1) is 13.8. The lowest BCUT2D eigenvalue weighted by molar-refractivity contribution is -0.155. The number of methoxy groups -OCH3 is 1. The fourth-order valence-electron chi connectivity index (χ4n) is 2.53. The summed E-state index contributed by atoms with van der Waals surface area (Å²) in [6.07, 6.45) is 0. The molecule has 1 atom stereocenters. The van der Waals surface area contributed by atoms with Gasteiger partial charge in [-0.2, -0.15) is 0 Å². The highest BCUT2D eigenvalue weighted by molar-refractivity contribution is 5.82. The zero-order valence-electron chi connectivity index (χ0n) is 11.3. The summed E-state index contributed by atoms with van der Waals surface area (Å²) in [5.41, 5.74) is 0.0175. The van der Waals surface area contributed by atoms with Crippen LogP contribution in [0.5, 0.6) is 5.75 Å². The molecular formula is C14H20N2O3. The molecular weight excluding hydrogens is 244 g/mol. The highest BCUT2D eigenvalue weighted by Crippen LogP contribution is 2.31. The Morgan fingerprint density at radius 3 is 2.42 bits per heavy atom. The molecule has 2 rings (SSSR count). The zero-order valence-corrected chi connectivity index (χ0v) is 11.3. The number of esters is 1. The van der Waals surface area contributed by atoms with Crippen molar-refractivity contribution in [3.63, 3.8) is 0 Å². The van der Waals surface area contributed by atoms with Gasteiger partial charge in [0, 0.05) is 26.2 Å². The van der Waals surface area contributed by atoms with Gasteiger partial charge < -0.3 is 15.2 Å². The fourth-order valence-corrected chi connectivity index (χ4v) is 2.53. The number of carbonyl (C=O) groups is 1. The number of phenols is 1. The molecule has 1 unspecified atom stereocenters. The number of carbonyl (C=O) groups excluding carboxylic acids is 1. The second-order valence-electron chi connectivity index (χ2n) is 4.85. The molecule has 0 spiro atoms. The van der Waals surface area contributed by atoms with E-state index in [4.69, 9.17) is 4.74 Å². The van der Waals surface area contributed by atoms with E-state index in [9.17, 15) is 9.90 Å². The van der Waals surface area contributed by atoms with Gasteiger partial charge in [-0.1, -0.05) is 12.1 Å². The van der Waals surface area contributed by atoms with Gasteiger partial charge in [-0.3, -0.25) is 4.90 Å². The Balaban J connectivity index is 2.38. The van der Waals surface area contributed by atoms with Crippen LogP contribution in [0.4, 0.5) is 0 Å². The van der Waals surface area contributed by atoms with Crippen molar-refractivity contribution >= 4 is 5.97 Å². The summed E-state index contributed by atoms with van der Waals surface area (Å²) in [6, 6.07) is 6.74. The number of ether oxygens (including phenoxy) is 1. The van der Waals surface area contributed by atoms with Crippen LogP contribution in [0, 0.1) is 0 Å². The van der Waals surface area contributed by atoms with Crippen LogP contribution in [-0.2, 0) is 15.1 Å². The van der Waals surface area contributed by atoms with Crippen LogP contribution in [0.15, 0.2) is 24.3 Å². The quantitative estimate of drug-likeness (QED) is 0.786. The smallest absolute Gasteiger partial charge is 0.330 e. The van der Waals surface area contributed by atoms with Gasteiger partial charge in [0.2, 0.25) is 0 Å². The normalized spacial score (nSPS) is 19.7. The van der Waals surface area contributed by atoms with E-state index in [1.807, 2.05) is 6.92 Å². The Bertz CT molecular complexity index is 441. The summed E-state index contributed by atoms with van der Waals surface area (Å²) >= 11 is 0. The number of piperazine rings is 1. The van der Waals surface area contributed by atoms with E-state index in [0.717, 1.165) is 31.7 Å². The second-order valence-corrected chi connectivity index (χ2v) is 4.85. The minimum atomic E-state index is -0.815. The van der Waals surface area contributed by atoms with E-state index in [-0.39, 0.29) is 11.7 Å². The summed E-state index contributed by atoms with van der Waals surface area (Å²) in [7, 11) is 1.41. The number of rotatable bonds is 3. The maximum absolute atomic E-state index is 12.3. The number of hydrogen-bond acceptors (Lipinski definition) is 5. The highest BCUT2D eigenvalue weighted by Gasteiger charge is 2.42. The van der Waals surface area contributed by atoms with Crippen molar-refractivity contribution in [2.24, 2.45) is 0 Å². The summed E-state index contributed by atoms with van der Waals surface area (Å²) in [5.74, 6) is -0.0867. The summed E-state index contributed by atoms with van der Waals surface area (Å²) in [5, 5.41) is 12.7. The van der Waals surface area contributed by atoms with Crippen LogP contribution < -0.4 is 5.32 Å². The minimum Gasteiger partial charge on any atom is -0.508 e. The molecule has 1 saturated heterocycles. The molecule has 0 amide bonds. The number of nitrogens with one attached hydrogen (secondary N) is 1. The monoisotopic (exact) mass is 264 g/mol. The van der Waals surface area contributed by atoms with Gasteiger partial charge in [-0.15, -0.1) is 0 Å². The summed E-state index contributed by atoms with van der Waals surface area (Å²) in [6.45, 7) is 5.14. The Kier molecular flexibility index (Phi) is 4.07. The summed E-state index contributed by atoms with van der Waals surface area (Å²) < 4.78 is 4.99. The van der Waals surface area contributed by atoms with E-state index in [1.165, 1.54) is 7.11 Å². The molecule has 1 fully saturated rings. The van der Waals surface area contributed by atoms with Crippen molar-refractivity contribution in [3.8, 4) is 5.75 Å². The number of aromatic hydroxyl groups is 1. The lowest BCUT2D eigenvalue weighted by atomic mass is 9.89. The van der Waals surface area contributed by atoms with Crippen molar-refractivity contribution in [1.29, 1.82) is 0 Å². The maximum Gasteiger partial charge on any atom is 0.330 e. The number of nitrogens with zero attached hydrogens (tertiary/aromatic N) is 1. The molecule has 5 nitrogen and oxygen atoms in total. The van der Waals surface area contributed by atoms with Gasteiger partial charge in [0.15, 0.2) is 0 Å². The van der Waals surface area contributed by atoms with Crippen LogP contribution in [-0.4, -0.2) is 49.3 Å². The maximum atomic E-state index is 12.3. The van der Waals surface area contributed by atoms with Crippen LogP contribution in [0.25, 0.3) is 0 Å². The molecule has 5 heteroatoms. The third-order valence-corrected chi connectivity index (χ3v) is 3.76. The Hall–Kier alpha value is -1.59. The standard InChI is InChI=1S/C14H20N2O3/c1-14(13(18)19-2,16-9-7-15-8-10-16)11-3-5-12(17)6-4-11/h3-6,15,17H,7-10H2,1-2H3. The van der Waals surface area contributed by atoms with E-state index >= 15 is 0 Å². The van der Waals surface area contributed by atoms with Crippen molar-refractivity contribution in [2.75, 3.05) is 33.3 Å². The number of phenolic OH excluding ortho intramolecular Hbond substituents is 1. The number of hydrogen-bond donors (Lipinski definition) is 2. The van der Waals surface area contributed by atoms with Crippen LogP contribution >= 0.6 is 0 Å². The Labute approximate surface area is 113 Å². The Morgan fingerprint density at radius 1 is 1.32 bits per heavy atom. The predicted molar refractivity (Wildman–Crippen MR) is 71.9 cm³/mol. The van der Waals surface area contributed by atoms with Gasteiger partial charge >= 0.3 is 5.97 Å². The van der Waals surface area contributed by atoms with E-state index in [2.05, 4.69) is 10.2 Å². The molecule has 1 aromatic rings. The topological polar surface area (TPSA) is 61.8 Å². The summed E-state index contributed by atoms with van der Waals surface area (Å²) in [4.78, 5) is 14.4. The van der Waals surface area contributed by atoms with Gasteiger partial charge in [0.05, 0.1) is 7.11 Å². The third kappa shape index (κ3) is 2.57. The average molecular weight is 264 g/mol. The van der Waals surface area contributed by atoms with Crippen molar-refractivity contribution in [2.45, 2.75) is 12.5 Å². The van der Waals surface area contributed by atoms with Crippen LogP contribution in [0.1, 0.15) is 12.5 Å². The molecule has 2 N–H and O–H groups in total. The van der Waals surface area contributed by atoms with Gasteiger partial charge in [0.25, 0.3) is 0 Å². The molecule has 1 heterocycles. The first-order valence-corrected chi connectivity index (χ1v) is 6.42. The second kappa shape index (κ2) is 5.59. The van der Waals surface area contributed by atoms with Crippen molar-refractivity contribution in [1.82, 2.24) is 10.2 Å². The third-order valence-electron chi connectivity index (χ3n) is 3.76. The van der Waals surface area contributed by atoms with Gasteiger partial charge in [0.1, 0.15) is 11.3 Å². The van der Waals surface area contributed by atoms with Crippen molar-refractivity contribution < 1.29 is 14.6 Å². The molecule has 1 aliphatic heterocycles. The molecule has 0 saturated carbocycles. The van der Waals surface area contributed by atoms with E-state index in [1.54, 1.807) is 24.3 Å². The highest BCUT2D eigenvalue weighted by atomic mass is 16.5.